The number of piperidine rings is 3. The molecule has 25 heavy (non-hydrogen) atoms. The van der Waals surface area contributed by atoms with Gasteiger partial charge in [0.15, 0.2) is 5.58 Å². The molecule has 0 radical (unpaired) electrons. The third-order valence-electron chi connectivity index (χ3n) is 5.63. The molecular weight excluding hydrogens is 320 g/mol. The Hall–Kier alpha value is -2.41. The fourth-order valence-electron chi connectivity index (χ4n) is 4.02. The lowest BCUT2D eigenvalue weighted by atomic mass is 9.84. The van der Waals surface area contributed by atoms with Crippen LogP contribution in [-0.2, 0) is 0 Å². The number of amides is 2. The molecule has 4 aliphatic rings. The summed E-state index contributed by atoms with van der Waals surface area (Å²) in [5, 5.41) is 3.80. The van der Waals surface area contributed by atoms with Gasteiger partial charge in [-0.1, -0.05) is 0 Å². The first-order valence-electron chi connectivity index (χ1n) is 8.89. The van der Waals surface area contributed by atoms with Crippen molar-refractivity contribution in [3.05, 3.63) is 29.8 Å². The maximum Gasteiger partial charge on any atom is 0.270 e. The molecule has 1 N–H and O–H groups in total. The highest BCUT2D eigenvalue weighted by Gasteiger charge is 2.35. The molecular formula is C18H20N4O3. The summed E-state index contributed by atoms with van der Waals surface area (Å²) in [6.07, 6.45) is 5.28. The molecule has 0 spiro atoms. The van der Waals surface area contributed by atoms with Gasteiger partial charge in [0, 0.05) is 31.1 Å². The van der Waals surface area contributed by atoms with Crippen LogP contribution in [-0.4, -0.2) is 65.4 Å². The zero-order valence-corrected chi connectivity index (χ0v) is 13.9. The fraction of sp³-hybridized carbons (Fsp3) is 0.500. The number of hydrogen-bond donors (Lipinski definition) is 1. The minimum Gasteiger partial charge on any atom is -0.462 e. The van der Waals surface area contributed by atoms with Crippen molar-refractivity contribution in [3.8, 4) is 0 Å². The summed E-state index contributed by atoms with van der Waals surface area (Å²) in [5.41, 5.74) is 1.38. The van der Waals surface area contributed by atoms with E-state index < -0.39 is 0 Å². The second-order valence-corrected chi connectivity index (χ2v) is 7.23. The summed E-state index contributed by atoms with van der Waals surface area (Å²) < 4.78 is 5.42. The maximum absolute atomic E-state index is 12.7. The van der Waals surface area contributed by atoms with E-state index in [-0.39, 0.29) is 17.9 Å². The van der Waals surface area contributed by atoms with Crippen molar-refractivity contribution >= 4 is 22.8 Å². The number of furan rings is 1. The van der Waals surface area contributed by atoms with Crippen molar-refractivity contribution in [3.63, 3.8) is 0 Å². The van der Waals surface area contributed by atoms with E-state index in [1.54, 1.807) is 11.0 Å². The summed E-state index contributed by atoms with van der Waals surface area (Å²) in [6, 6.07) is 1.86. The monoisotopic (exact) mass is 340 g/mol. The molecule has 1 atom stereocenters. The topological polar surface area (TPSA) is 78.5 Å². The second kappa shape index (κ2) is 5.56. The summed E-state index contributed by atoms with van der Waals surface area (Å²) in [5.74, 6) is 0.340. The van der Waals surface area contributed by atoms with Crippen molar-refractivity contribution in [1.82, 2.24) is 20.1 Å². The highest BCUT2D eigenvalue weighted by atomic mass is 16.3. The number of aromatic nitrogens is 1. The molecule has 6 rings (SSSR count). The van der Waals surface area contributed by atoms with E-state index >= 15 is 0 Å². The molecule has 130 valence electrons. The van der Waals surface area contributed by atoms with Gasteiger partial charge in [-0.3, -0.25) is 9.59 Å². The van der Waals surface area contributed by atoms with Crippen LogP contribution in [0.1, 0.15) is 33.7 Å². The highest BCUT2D eigenvalue weighted by molar-refractivity contribution is 6.08. The summed E-state index contributed by atoms with van der Waals surface area (Å²) in [6.45, 7) is 4.76. The molecule has 1 unspecified atom stereocenters. The molecule has 2 bridgehead atoms. The Kier molecular flexibility index (Phi) is 3.31. The van der Waals surface area contributed by atoms with Crippen molar-refractivity contribution in [2.24, 2.45) is 5.92 Å². The quantitative estimate of drug-likeness (QED) is 0.847. The molecule has 7 heteroatoms. The Bertz CT molecular complexity index is 849. The minimum atomic E-state index is -0.174. The van der Waals surface area contributed by atoms with Crippen molar-refractivity contribution in [1.29, 1.82) is 0 Å². The number of nitrogens with one attached hydrogen (secondary N) is 1. The Balaban J connectivity index is 1.39. The Morgan fingerprint density at radius 2 is 2.00 bits per heavy atom. The molecule has 4 fully saturated rings. The number of pyridine rings is 1. The smallest absolute Gasteiger partial charge is 0.270 e. The average molecular weight is 340 g/mol. The van der Waals surface area contributed by atoms with Gasteiger partial charge in [-0.25, -0.2) is 4.98 Å². The van der Waals surface area contributed by atoms with Gasteiger partial charge in [-0.05, 0) is 37.9 Å². The number of hydrogen-bond acceptors (Lipinski definition) is 5. The summed E-state index contributed by atoms with van der Waals surface area (Å²) in [7, 11) is 0. The van der Waals surface area contributed by atoms with Crippen molar-refractivity contribution in [2.45, 2.75) is 18.9 Å². The lowest BCUT2D eigenvalue weighted by molar-refractivity contribution is 0.0617. The van der Waals surface area contributed by atoms with E-state index in [4.69, 9.17) is 4.42 Å². The summed E-state index contributed by atoms with van der Waals surface area (Å²) in [4.78, 5) is 33.3. The third-order valence-corrected chi connectivity index (χ3v) is 5.63. The van der Waals surface area contributed by atoms with E-state index in [1.807, 2.05) is 0 Å². The van der Waals surface area contributed by atoms with Crippen molar-refractivity contribution < 1.29 is 14.0 Å². The van der Waals surface area contributed by atoms with Crippen LogP contribution in [0.3, 0.4) is 0 Å². The van der Waals surface area contributed by atoms with Gasteiger partial charge in [0.05, 0.1) is 11.8 Å². The number of fused-ring (bicyclic) bond motifs is 4. The fourth-order valence-corrected chi connectivity index (χ4v) is 4.02. The number of carbonyl (C=O) groups excluding carboxylic acids is 2. The van der Waals surface area contributed by atoms with Gasteiger partial charge >= 0.3 is 0 Å². The van der Waals surface area contributed by atoms with Crippen LogP contribution in [0.15, 0.2) is 22.9 Å². The minimum absolute atomic E-state index is 0.0475. The standard InChI is InChI=1S/C18H20N4O3/c23-17(20-15-9-21-3-1-11(15)2-4-21)14-7-12-13(18(24)22-5-6-22)10-25-16(12)8-19-14/h7-8,10-11,15H,1-6,9H2,(H,20,23). The Morgan fingerprint density at radius 1 is 1.20 bits per heavy atom. The second-order valence-electron chi connectivity index (χ2n) is 7.23. The van der Waals surface area contributed by atoms with Crippen LogP contribution in [0.5, 0.6) is 0 Å². The molecule has 0 aliphatic carbocycles. The van der Waals surface area contributed by atoms with Gasteiger partial charge in [0.2, 0.25) is 0 Å². The van der Waals surface area contributed by atoms with Gasteiger partial charge < -0.3 is 19.5 Å². The van der Waals surface area contributed by atoms with Crippen LogP contribution in [0.25, 0.3) is 11.0 Å². The molecule has 7 nitrogen and oxygen atoms in total. The van der Waals surface area contributed by atoms with Gasteiger partial charge in [-0.2, -0.15) is 0 Å². The lowest BCUT2D eigenvalue weighted by Crippen LogP contribution is -2.57. The maximum atomic E-state index is 12.7. The normalized spacial score (nSPS) is 27.5. The third kappa shape index (κ3) is 2.59. The first-order valence-corrected chi connectivity index (χ1v) is 8.89. The molecule has 4 saturated heterocycles. The number of rotatable bonds is 3. The largest absolute Gasteiger partial charge is 0.462 e. The zero-order valence-electron chi connectivity index (χ0n) is 13.9. The average Bonchev–Trinajstić information content (AvgIpc) is 3.41. The van der Waals surface area contributed by atoms with E-state index in [1.165, 1.54) is 12.5 Å². The van der Waals surface area contributed by atoms with Gasteiger partial charge in [0.25, 0.3) is 11.8 Å². The van der Waals surface area contributed by atoms with Gasteiger partial charge in [-0.15, -0.1) is 0 Å². The van der Waals surface area contributed by atoms with Crippen LogP contribution < -0.4 is 5.32 Å². The van der Waals surface area contributed by atoms with E-state index in [9.17, 15) is 9.59 Å². The van der Waals surface area contributed by atoms with Crippen LogP contribution in [0.4, 0.5) is 0 Å². The SMILES string of the molecule is O=C(NC1CN2CCC1CC2)c1cc2c(C(=O)N3CC3)coc2cn1. The van der Waals surface area contributed by atoms with E-state index in [2.05, 4.69) is 15.2 Å². The molecule has 2 aromatic heterocycles. The molecule has 0 saturated carbocycles. The first kappa shape index (κ1) is 14.9. The first-order chi connectivity index (χ1) is 12.2. The zero-order chi connectivity index (χ0) is 17.0. The van der Waals surface area contributed by atoms with Crippen LogP contribution >= 0.6 is 0 Å². The highest BCUT2D eigenvalue weighted by Crippen LogP contribution is 2.28. The number of nitrogens with zero attached hydrogens (tertiary/aromatic N) is 3. The predicted molar refractivity (Wildman–Crippen MR) is 90.3 cm³/mol. The molecule has 2 aromatic rings. The van der Waals surface area contributed by atoms with Gasteiger partial charge in [0.1, 0.15) is 12.0 Å². The Labute approximate surface area is 145 Å². The van der Waals surface area contributed by atoms with Crippen LogP contribution in [0.2, 0.25) is 0 Å². The molecule has 4 aliphatic heterocycles. The molecule has 0 aromatic carbocycles. The summed E-state index contributed by atoms with van der Waals surface area (Å²) >= 11 is 0. The predicted octanol–water partition coefficient (Wildman–Crippen LogP) is 1.11. The van der Waals surface area contributed by atoms with Crippen molar-refractivity contribution in [2.75, 3.05) is 32.7 Å². The van der Waals surface area contributed by atoms with E-state index in [0.29, 0.717) is 28.1 Å². The molecule has 2 amide bonds. The Morgan fingerprint density at radius 3 is 2.68 bits per heavy atom. The van der Waals surface area contributed by atoms with E-state index in [0.717, 1.165) is 45.6 Å². The lowest BCUT2D eigenvalue weighted by Gasteiger charge is -2.44. The number of carbonyl (C=O) groups is 2. The van der Waals surface area contributed by atoms with Crippen LogP contribution in [0, 0.1) is 5.92 Å². The molecule has 6 heterocycles.